The molecule has 0 unspecified atom stereocenters. The van der Waals surface area contributed by atoms with Gasteiger partial charge in [0.1, 0.15) is 17.2 Å². The summed E-state index contributed by atoms with van der Waals surface area (Å²) < 4.78 is 5.41. The summed E-state index contributed by atoms with van der Waals surface area (Å²) in [5.41, 5.74) is 7.66. The number of aromatic amines is 1. The number of hydrogen-bond acceptors (Lipinski definition) is 6. The van der Waals surface area contributed by atoms with Crippen LogP contribution in [0.4, 0.5) is 11.8 Å². The lowest BCUT2D eigenvalue weighted by atomic mass is 10.1. The van der Waals surface area contributed by atoms with Gasteiger partial charge in [0.2, 0.25) is 11.9 Å². The number of amides is 1. The number of rotatable bonds is 3. The highest BCUT2D eigenvalue weighted by Gasteiger charge is 2.15. The zero-order valence-electron chi connectivity index (χ0n) is 12.0. The molecular weight excluding hydrogens is 284 g/mol. The summed E-state index contributed by atoms with van der Waals surface area (Å²) in [6, 6.07) is 3.41. The number of carbonyl (C=O) groups is 1. The highest BCUT2D eigenvalue weighted by atomic mass is 16.5. The second kappa shape index (κ2) is 5.32. The highest BCUT2D eigenvalue weighted by Crippen LogP contribution is 2.35. The summed E-state index contributed by atoms with van der Waals surface area (Å²) in [4.78, 5) is 26.7. The average molecular weight is 298 g/mol. The molecule has 0 aliphatic carbocycles. The summed E-state index contributed by atoms with van der Waals surface area (Å²) in [6.07, 6.45) is 3.35. The zero-order valence-corrected chi connectivity index (χ0v) is 12.0. The van der Waals surface area contributed by atoms with Crippen LogP contribution in [0, 0.1) is 0 Å². The van der Waals surface area contributed by atoms with Crippen molar-refractivity contribution in [2.45, 2.75) is 6.92 Å². The molecule has 8 nitrogen and oxygen atoms in total. The number of aromatic nitrogens is 4. The van der Waals surface area contributed by atoms with Crippen LogP contribution in [0.1, 0.15) is 6.92 Å². The Morgan fingerprint density at radius 1 is 1.41 bits per heavy atom. The number of ether oxygens (including phenoxy) is 1. The molecule has 0 radical (unpaired) electrons. The van der Waals surface area contributed by atoms with E-state index in [9.17, 15) is 4.79 Å². The molecule has 0 aromatic carbocycles. The molecule has 0 fully saturated rings. The maximum Gasteiger partial charge on any atom is 0.222 e. The third-order valence-corrected chi connectivity index (χ3v) is 3.08. The SMILES string of the molecule is COc1cc(NC(C)=O)nc2[nH]cc(-c3ccnc(N)n3)c12. The third-order valence-electron chi connectivity index (χ3n) is 3.08. The maximum atomic E-state index is 11.2. The number of nitrogens with one attached hydrogen (secondary N) is 2. The quantitative estimate of drug-likeness (QED) is 0.675. The van der Waals surface area contributed by atoms with Gasteiger partial charge < -0.3 is 20.8 Å². The lowest BCUT2D eigenvalue weighted by molar-refractivity contribution is -0.114. The molecule has 0 atom stereocenters. The van der Waals surface area contributed by atoms with Gasteiger partial charge >= 0.3 is 0 Å². The van der Waals surface area contributed by atoms with E-state index in [0.717, 1.165) is 10.9 Å². The van der Waals surface area contributed by atoms with Crippen LogP contribution >= 0.6 is 0 Å². The topological polar surface area (TPSA) is 119 Å². The van der Waals surface area contributed by atoms with Gasteiger partial charge in [0, 0.05) is 30.9 Å². The number of H-pyrrole nitrogens is 1. The Balaban J connectivity index is 2.20. The van der Waals surface area contributed by atoms with E-state index >= 15 is 0 Å². The van der Waals surface area contributed by atoms with Crippen LogP contribution in [0.25, 0.3) is 22.3 Å². The number of nitrogen functional groups attached to an aromatic ring is 1. The molecule has 3 rings (SSSR count). The monoisotopic (exact) mass is 298 g/mol. The number of nitrogens with zero attached hydrogens (tertiary/aromatic N) is 3. The number of carbonyl (C=O) groups excluding carboxylic acids is 1. The van der Waals surface area contributed by atoms with Crippen LogP contribution in [0.3, 0.4) is 0 Å². The molecular formula is C14H14N6O2. The molecule has 0 aliphatic heterocycles. The van der Waals surface area contributed by atoms with Crippen molar-refractivity contribution in [2.24, 2.45) is 0 Å². The van der Waals surface area contributed by atoms with Crippen molar-refractivity contribution < 1.29 is 9.53 Å². The number of pyridine rings is 1. The van der Waals surface area contributed by atoms with Gasteiger partial charge in [0.05, 0.1) is 18.2 Å². The molecule has 22 heavy (non-hydrogen) atoms. The molecule has 112 valence electrons. The largest absolute Gasteiger partial charge is 0.496 e. The minimum absolute atomic E-state index is 0.189. The Hall–Kier alpha value is -3.16. The van der Waals surface area contributed by atoms with E-state index in [2.05, 4.69) is 25.3 Å². The predicted octanol–water partition coefficient (Wildman–Crippen LogP) is 1.57. The van der Waals surface area contributed by atoms with Crippen LogP contribution < -0.4 is 15.8 Å². The molecule has 0 saturated carbocycles. The number of hydrogen-bond donors (Lipinski definition) is 3. The Morgan fingerprint density at radius 3 is 2.91 bits per heavy atom. The van der Waals surface area contributed by atoms with Gasteiger partial charge in [-0.1, -0.05) is 0 Å². The summed E-state index contributed by atoms with van der Waals surface area (Å²) in [7, 11) is 1.55. The smallest absolute Gasteiger partial charge is 0.222 e. The normalized spacial score (nSPS) is 10.6. The fourth-order valence-corrected chi connectivity index (χ4v) is 2.23. The molecule has 0 aliphatic rings. The van der Waals surface area contributed by atoms with Gasteiger partial charge in [-0.2, -0.15) is 0 Å². The second-order valence-corrected chi connectivity index (χ2v) is 4.62. The molecule has 3 aromatic heterocycles. The van der Waals surface area contributed by atoms with Gasteiger partial charge in [0.25, 0.3) is 0 Å². The lowest BCUT2D eigenvalue weighted by Crippen LogP contribution is -2.07. The minimum Gasteiger partial charge on any atom is -0.496 e. The summed E-state index contributed by atoms with van der Waals surface area (Å²) in [5.74, 6) is 0.965. The van der Waals surface area contributed by atoms with Crippen molar-refractivity contribution in [3.8, 4) is 17.0 Å². The molecule has 0 saturated heterocycles. The van der Waals surface area contributed by atoms with E-state index in [1.54, 1.807) is 31.6 Å². The van der Waals surface area contributed by atoms with Crippen LogP contribution in [-0.4, -0.2) is 33.0 Å². The van der Waals surface area contributed by atoms with Crippen LogP contribution in [0.2, 0.25) is 0 Å². The number of methoxy groups -OCH3 is 1. The standard InChI is InChI=1S/C14H14N6O2/c1-7(21)18-11-5-10(22-2)12-8(6-17-13(12)20-11)9-3-4-16-14(15)19-9/h3-6H,1-2H3,(H2,15,16,19)(H2,17,18,20,21). The van der Waals surface area contributed by atoms with Crippen molar-refractivity contribution in [3.63, 3.8) is 0 Å². The molecule has 3 aromatic rings. The van der Waals surface area contributed by atoms with E-state index in [0.29, 0.717) is 22.9 Å². The van der Waals surface area contributed by atoms with Crippen molar-refractivity contribution >= 4 is 28.7 Å². The van der Waals surface area contributed by atoms with Crippen LogP contribution in [0.15, 0.2) is 24.5 Å². The van der Waals surface area contributed by atoms with Crippen LogP contribution in [0.5, 0.6) is 5.75 Å². The van der Waals surface area contributed by atoms with E-state index in [1.807, 2.05) is 0 Å². The Kier molecular flexibility index (Phi) is 3.34. The number of anilines is 2. The van der Waals surface area contributed by atoms with Gasteiger partial charge in [-0.05, 0) is 6.07 Å². The molecule has 0 bridgehead atoms. The number of nitrogens with two attached hydrogens (primary N) is 1. The van der Waals surface area contributed by atoms with Gasteiger partial charge in [0.15, 0.2) is 0 Å². The van der Waals surface area contributed by atoms with E-state index in [-0.39, 0.29) is 11.9 Å². The summed E-state index contributed by atoms with van der Waals surface area (Å²) >= 11 is 0. The maximum absolute atomic E-state index is 11.2. The highest BCUT2D eigenvalue weighted by molar-refractivity contribution is 5.99. The zero-order chi connectivity index (χ0) is 15.7. The van der Waals surface area contributed by atoms with Gasteiger partial charge in [-0.15, -0.1) is 0 Å². The Bertz CT molecular complexity index is 858. The number of fused-ring (bicyclic) bond motifs is 1. The second-order valence-electron chi connectivity index (χ2n) is 4.62. The lowest BCUT2D eigenvalue weighted by Gasteiger charge is -2.08. The van der Waals surface area contributed by atoms with Crippen molar-refractivity contribution in [1.82, 2.24) is 19.9 Å². The fraction of sp³-hybridized carbons (Fsp3) is 0.143. The van der Waals surface area contributed by atoms with Crippen molar-refractivity contribution in [1.29, 1.82) is 0 Å². The minimum atomic E-state index is -0.204. The summed E-state index contributed by atoms with van der Waals surface area (Å²) in [6.45, 7) is 1.42. The molecule has 8 heteroatoms. The first-order chi connectivity index (χ1) is 10.6. The van der Waals surface area contributed by atoms with Crippen molar-refractivity contribution in [2.75, 3.05) is 18.2 Å². The van der Waals surface area contributed by atoms with Gasteiger partial charge in [-0.3, -0.25) is 4.79 Å². The summed E-state index contributed by atoms with van der Waals surface area (Å²) in [5, 5.41) is 3.39. The fourth-order valence-electron chi connectivity index (χ4n) is 2.23. The van der Waals surface area contributed by atoms with E-state index in [1.165, 1.54) is 6.92 Å². The predicted molar refractivity (Wildman–Crippen MR) is 82.4 cm³/mol. The molecule has 4 N–H and O–H groups in total. The van der Waals surface area contributed by atoms with E-state index in [4.69, 9.17) is 10.5 Å². The average Bonchev–Trinajstić information content (AvgIpc) is 2.89. The van der Waals surface area contributed by atoms with Crippen molar-refractivity contribution in [3.05, 3.63) is 24.5 Å². The third kappa shape index (κ3) is 2.41. The van der Waals surface area contributed by atoms with E-state index < -0.39 is 0 Å². The first-order valence-corrected chi connectivity index (χ1v) is 6.51. The first-order valence-electron chi connectivity index (χ1n) is 6.51. The Morgan fingerprint density at radius 2 is 2.23 bits per heavy atom. The van der Waals surface area contributed by atoms with Crippen LogP contribution in [-0.2, 0) is 4.79 Å². The first kappa shape index (κ1) is 13.8. The molecule has 3 heterocycles. The Labute approximate surface area is 125 Å². The van der Waals surface area contributed by atoms with Gasteiger partial charge in [-0.25, -0.2) is 15.0 Å². The molecule has 0 spiro atoms. The molecule has 1 amide bonds.